The first kappa shape index (κ1) is 17.5. The third-order valence-corrected chi connectivity index (χ3v) is 3.87. The fraction of sp³-hybridized carbons (Fsp3) is 0.316. The van der Waals surface area contributed by atoms with Crippen LogP contribution in [0.2, 0.25) is 0 Å². The third-order valence-electron chi connectivity index (χ3n) is 3.45. The number of carbonyl (C=O) groups excluding carboxylic acids is 1. The van der Waals surface area contributed by atoms with Gasteiger partial charge in [-0.05, 0) is 24.0 Å². The molecule has 2 aromatic rings. The van der Waals surface area contributed by atoms with Crippen LogP contribution in [-0.2, 0) is 22.7 Å². The van der Waals surface area contributed by atoms with Crippen LogP contribution in [0.1, 0.15) is 24.0 Å². The zero-order chi connectivity index (χ0) is 16.3. The van der Waals surface area contributed by atoms with Crippen molar-refractivity contribution in [2.75, 3.05) is 6.61 Å². The molecule has 0 fully saturated rings. The van der Waals surface area contributed by atoms with E-state index in [2.05, 4.69) is 5.32 Å². The van der Waals surface area contributed by atoms with Crippen molar-refractivity contribution in [1.29, 1.82) is 0 Å². The number of halogens is 1. The summed E-state index contributed by atoms with van der Waals surface area (Å²) in [5.74, 6) is -0.126. The number of ether oxygens (including phenoxy) is 1. The molecular weight excluding hydrogens is 310 g/mol. The molecule has 3 nitrogen and oxygen atoms in total. The molecule has 1 unspecified atom stereocenters. The lowest BCUT2D eigenvalue weighted by molar-refractivity contribution is -0.121. The van der Waals surface area contributed by atoms with E-state index in [0.717, 1.165) is 17.5 Å². The summed E-state index contributed by atoms with van der Waals surface area (Å²) in [4.78, 5) is 11.9. The Hall–Kier alpha value is -1.84. The van der Waals surface area contributed by atoms with Crippen LogP contribution in [0.15, 0.2) is 60.7 Å². The molecule has 0 radical (unpaired) electrons. The second-order valence-corrected chi connectivity index (χ2v) is 5.88. The number of benzene rings is 2. The first-order valence-corrected chi connectivity index (χ1v) is 8.27. The fourth-order valence-electron chi connectivity index (χ4n) is 2.16. The molecule has 0 aromatic heterocycles. The molecule has 0 heterocycles. The van der Waals surface area contributed by atoms with Gasteiger partial charge in [-0.25, -0.2) is 0 Å². The number of alkyl halides is 1. The van der Waals surface area contributed by atoms with Gasteiger partial charge in [0.15, 0.2) is 0 Å². The summed E-state index contributed by atoms with van der Waals surface area (Å²) in [6, 6.07) is 19.8. The van der Waals surface area contributed by atoms with E-state index in [-0.39, 0.29) is 5.91 Å². The van der Waals surface area contributed by atoms with Crippen LogP contribution < -0.4 is 5.32 Å². The molecule has 23 heavy (non-hydrogen) atoms. The van der Waals surface area contributed by atoms with Crippen molar-refractivity contribution in [1.82, 2.24) is 5.32 Å². The number of carbonyl (C=O) groups is 1. The number of hydrogen-bond acceptors (Lipinski definition) is 2. The van der Waals surface area contributed by atoms with Crippen LogP contribution in [0, 0.1) is 0 Å². The van der Waals surface area contributed by atoms with Gasteiger partial charge < -0.3 is 10.1 Å². The van der Waals surface area contributed by atoms with Crippen LogP contribution in [-0.4, -0.2) is 17.9 Å². The molecule has 0 aliphatic rings. The number of nitrogens with one attached hydrogen (secondary N) is 1. The summed E-state index contributed by atoms with van der Waals surface area (Å²) in [6.07, 6.45) is 1.37. The fourth-order valence-corrected chi connectivity index (χ4v) is 2.39. The number of amides is 1. The second-order valence-electron chi connectivity index (χ2n) is 5.35. The highest BCUT2D eigenvalue weighted by Crippen LogP contribution is 2.08. The summed E-state index contributed by atoms with van der Waals surface area (Å²) < 4.78 is 5.59. The average molecular weight is 332 g/mol. The van der Waals surface area contributed by atoms with Gasteiger partial charge in [0.2, 0.25) is 5.91 Å². The van der Waals surface area contributed by atoms with Gasteiger partial charge in [0, 0.05) is 13.2 Å². The maximum absolute atomic E-state index is 11.9. The highest BCUT2D eigenvalue weighted by Gasteiger charge is 2.14. The Morgan fingerprint density at radius 3 is 2.26 bits per heavy atom. The van der Waals surface area contributed by atoms with Crippen LogP contribution in [0.5, 0.6) is 0 Å². The smallest absolute Gasteiger partial charge is 0.238 e. The Kier molecular flexibility index (Phi) is 7.64. The van der Waals surface area contributed by atoms with E-state index < -0.39 is 5.38 Å². The molecule has 0 aliphatic heterocycles. The molecule has 0 saturated carbocycles. The van der Waals surface area contributed by atoms with Gasteiger partial charge in [-0.1, -0.05) is 60.7 Å². The number of hydrogen-bond donors (Lipinski definition) is 1. The van der Waals surface area contributed by atoms with E-state index in [1.54, 1.807) is 0 Å². The molecule has 0 aliphatic carbocycles. The zero-order valence-electron chi connectivity index (χ0n) is 13.1. The molecule has 2 rings (SSSR count). The first-order valence-electron chi connectivity index (χ1n) is 7.83. The maximum Gasteiger partial charge on any atom is 0.238 e. The van der Waals surface area contributed by atoms with E-state index in [1.165, 1.54) is 0 Å². The minimum Gasteiger partial charge on any atom is -0.377 e. The van der Waals surface area contributed by atoms with Gasteiger partial charge in [0.25, 0.3) is 0 Å². The van der Waals surface area contributed by atoms with Crippen molar-refractivity contribution in [3.63, 3.8) is 0 Å². The topological polar surface area (TPSA) is 38.3 Å². The number of rotatable bonds is 9. The standard InChI is InChI=1S/C19H22ClNO2/c20-18(19(22)21-14-16-8-3-1-4-9-16)12-7-13-23-15-17-10-5-2-6-11-17/h1-6,8-11,18H,7,12-15H2,(H,21,22). The van der Waals surface area contributed by atoms with Gasteiger partial charge in [-0.15, -0.1) is 11.6 Å². The van der Waals surface area contributed by atoms with Gasteiger partial charge in [0.1, 0.15) is 5.38 Å². The second kappa shape index (κ2) is 10.0. The lowest BCUT2D eigenvalue weighted by Gasteiger charge is -2.11. The lowest BCUT2D eigenvalue weighted by atomic mass is 10.2. The van der Waals surface area contributed by atoms with E-state index in [9.17, 15) is 4.79 Å². The van der Waals surface area contributed by atoms with Gasteiger partial charge >= 0.3 is 0 Å². The van der Waals surface area contributed by atoms with Crippen molar-refractivity contribution in [3.05, 3.63) is 71.8 Å². The van der Waals surface area contributed by atoms with Crippen LogP contribution in [0.3, 0.4) is 0 Å². The van der Waals surface area contributed by atoms with Crippen LogP contribution in [0.25, 0.3) is 0 Å². The molecule has 0 spiro atoms. The Balaban J connectivity index is 1.57. The summed E-state index contributed by atoms with van der Waals surface area (Å²) >= 11 is 6.13. The van der Waals surface area contributed by atoms with Crippen molar-refractivity contribution >= 4 is 17.5 Å². The minimum absolute atomic E-state index is 0.126. The van der Waals surface area contributed by atoms with Gasteiger partial charge in [0.05, 0.1) is 6.61 Å². The van der Waals surface area contributed by atoms with Gasteiger partial charge in [-0.2, -0.15) is 0 Å². The highest BCUT2D eigenvalue weighted by molar-refractivity contribution is 6.30. The van der Waals surface area contributed by atoms with E-state index >= 15 is 0 Å². The first-order chi connectivity index (χ1) is 11.3. The molecule has 122 valence electrons. The summed E-state index contributed by atoms with van der Waals surface area (Å²) in [5.41, 5.74) is 2.21. The molecule has 1 N–H and O–H groups in total. The monoisotopic (exact) mass is 331 g/mol. The van der Waals surface area contributed by atoms with Crippen LogP contribution >= 0.6 is 11.6 Å². The SMILES string of the molecule is O=C(NCc1ccccc1)C(Cl)CCCOCc1ccccc1. The third kappa shape index (κ3) is 6.85. The molecule has 1 amide bonds. The predicted octanol–water partition coefficient (Wildman–Crippen LogP) is 3.91. The molecule has 0 bridgehead atoms. The van der Waals surface area contributed by atoms with Crippen LogP contribution in [0.4, 0.5) is 0 Å². The Morgan fingerprint density at radius 2 is 1.61 bits per heavy atom. The normalized spacial score (nSPS) is 11.9. The van der Waals surface area contributed by atoms with Gasteiger partial charge in [-0.3, -0.25) is 4.79 Å². The van der Waals surface area contributed by atoms with E-state index in [4.69, 9.17) is 16.3 Å². The van der Waals surface area contributed by atoms with E-state index in [1.807, 2.05) is 60.7 Å². The quantitative estimate of drug-likeness (QED) is 0.559. The average Bonchev–Trinajstić information content (AvgIpc) is 2.61. The Labute approximate surface area is 142 Å². The largest absolute Gasteiger partial charge is 0.377 e. The highest BCUT2D eigenvalue weighted by atomic mass is 35.5. The summed E-state index contributed by atoms with van der Waals surface area (Å²) in [6.45, 7) is 1.70. The maximum atomic E-state index is 11.9. The minimum atomic E-state index is -0.515. The molecule has 4 heteroatoms. The van der Waals surface area contributed by atoms with Crippen molar-refractivity contribution < 1.29 is 9.53 Å². The zero-order valence-corrected chi connectivity index (χ0v) is 13.8. The molecular formula is C19H22ClNO2. The summed E-state index contributed by atoms with van der Waals surface area (Å²) in [7, 11) is 0. The van der Waals surface area contributed by atoms with E-state index in [0.29, 0.717) is 26.2 Å². The van der Waals surface area contributed by atoms with Crippen molar-refractivity contribution in [2.24, 2.45) is 0 Å². The Bertz CT molecular complexity index is 574. The van der Waals surface area contributed by atoms with Crippen molar-refractivity contribution in [3.8, 4) is 0 Å². The Morgan fingerprint density at radius 1 is 1.00 bits per heavy atom. The molecule has 2 aromatic carbocycles. The summed E-state index contributed by atoms with van der Waals surface area (Å²) in [5, 5.41) is 2.34. The lowest BCUT2D eigenvalue weighted by Crippen LogP contribution is -2.31. The van der Waals surface area contributed by atoms with Crippen molar-refractivity contribution in [2.45, 2.75) is 31.4 Å². The molecule has 1 atom stereocenters. The predicted molar refractivity (Wildman–Crippen MR) is 93.3 cm³/mol. The molecule has 0 saturated heterocycles.